The van der Waals surface area contributed by atoms with Gasteiger partial charge in [0.1, 0.15) is 5.75 Å². The molecular formula is C14H19NO2. The second-order valence-corrected chi connectivity index (χ2v) is 4.81. The average Bonchev–Trinajstić information content (AvgIpc) is 3.13. The number of hydrogen-bond acceptors (Lipinski definition) is 3. The summed E-state index contributed by atoms with van der Waals surface area (Å²) in [5.74, 6) is 1.18. The Kier molecular flexibility index (Phi) is 3.79. The van der Waals surface area contributed by atoms with Gasteiger partial charge >= 0.3 is 0 Å². The first-order valence-electron chi connectivity index (χ1n) is 6.19. The smallest absolute Gasteiger partial charge is 0.163 e. The number of carbonyl (C=O) groups is 1. The third-order valence-electron chi connectivity index (χ3n) is 2.92. The monoisotopic (exact) mass is 233 g/mol. The summed E-state index contributed by atoms with van der Waals surface area (Å²) < 4.78 is 5.67. The predicted octanol–water partition coefficient (Wildman–Crippen LogP) is 2.40. The molecule has 0 radical (unpaired) electrons. The highest BCUT2D eigenvalue weighted by Gasteiger charge is 2.23. The van der Waals surface area contributed by atoms with Gasteiger partial charge in [0, 0.05) is 12.0 Å². The Labute approximate surface area is 102 Å². The van der Waals surface area contributed by atoms with Crippen molar-refractivity contribution >= 4 is 5.78 Å². The van der Waals surface area contributed by atoms with Crippen LogP contribution in [0.1, 0.15) is 36.5 Å². The minimum absolute atomic E-state index is 0.143. The first kappa shape index (κ1) is 12.1. The Hall–Kier alpha value is -1.35. The number of Topliss-reactive ketones (excluding diaryl/α,β-unsaturated/α-hetero) is 1. The van der Waals surface area contributed by atoms with Crippen LogP contribution in [-0.2, 0) is 0 Å². The molecule has 0 aliphatic heterocycles. The summed E-state index contributed by atoms with van der Waals surface area (Å²) in [5.41, 5.74) is 6.25. The van der Waals surface area contributed by atoms with Gasteiger partial charge in [-0.1, -0.05) is 19.1 Å². The van der Waals surface area contributed by atoms with Crippen molar-refractivity contribution in [3.8, 4) is 5.75 Å². The van der Waals surface area contributed by atoms with Crippen molar-refractivity contribution in [3.05, 3.63) is 29.8 Å². The van der Waals surface area contributed by atoms with Crippen molar-refractivity contribution in [2.45, 2.75) is 32.3 Å². The van der Waals surface area contributed by atoms with Crippen LogP contribution < -0.4 is 10.5 Å². The lowest BCUT2D eigenvalue weighted by Gasteiger charge is -2.09. The Balaban J connectivity index is 2.01. The van der Waals surface area contributed by atoms with Crippen LogP contribution in [0.2, 0.25) is 0 Å². The van der Waals surface area contributed by atoms with E-state index in [2.05, 4.69) is 0 Å². The van der Waals surface area contributed by atoms with Crippen molar-refractivity contribution in [2.75, 3.05) is 6.54 Å². The third-order valence-corrected chi connectivity index (χ3v) is 2.92. The Bertz CT molecular complexity index is 399. The molecule has 3 nitrogen and oxygen atoms in total. The summed E-state index contributed by atoms with van der Waals surface area (Å²) in [6.45, 7) is 2.53. The van der Waals surface area contributed by atoms with Gasteiger partial charge in [0.2, 0.25) is 0 Å². The number of ether oxygens (including phenoxy) is 1. The van der Waals surface area contributed by atoms with Crippen molar-refractivity contribution < 1.29 is 9.53 Å². The van der Waals surface area contributed by atoms with Crippen LogP contribution >= 0.6 is 0 Å². The molecule has 1 unspecified atom stereocenters. The second kappa shape index (κ2) is 5.32. The second-order valence-electron chi connectivity index (χ2n) is 4.81. The molecule has 0 amide bonds. The van der Waals surface area contributed by atoms with E-state index < -0.39 is 0 Å². The Morgan fingerprint density at radius 3 is 2.94 bits per heavy atom. The van der Waals surface area contributed by atoms with Gasteiger partial charge < -0.3 is 10.5 Å². The maximum atomic E-state index is 12.0. The molecule has 1 aromatic rings. The molecule has 0 spiro atoms. The Morgan fingerprint density at radius 2 is 2.29 bits per heavy atom. The molecule has 1 fully saturated rings. The lowest BCUT2D eigenvalue weighted by Crippen LogP contribution is -2.15. The summed E-state index contributed by atoms with van der Waals surface area (Å²) in [7, 11) is 0. The molecule has 1 saturated carbocycles. The molecule has 1 aliphatic carbocycles. The minimum Gasteiger partial charge on any atom is -0.490 e. The van der Waals surface area contributed by atoms with E-state index in [9.17, 15) is 4.79 Å². The highest BCUT2D eigenvalue weighted by molar-refractivity contribution is 5.96. The van der Waals surface area contributed by atoms with Crippen molar-refractivity contribution in [3.63, 3.8) is 0 Å². The van der Waals surface area contributed by atoms with Gasteiger partial charge in [0.15, 0.2) is 5.78 Å². The van der Waals surface area contributed by atoms with E-state index in [1.165, 1.54) is 0 Å². The number of rotatable bonds is 6. The molecule has 2 N–H and O–H groups in total. The fourth-order valence-corrected chi connectivity index (χ4v) is 1.64. The number of nitrogens with two attached hydrogens (primary N) is 1. The molecule has 0 bridgehead atoms. The number of carbonyl (C=O) groups excluding carboxylic acids is 1. The maximum Gasteiger partial charge on any atom is 0.163 e. The van der Waals surface area contributed by atoms with Crippen LogP contribution in [0, 0.1) is 5.92 Å². The van der Waals surface area contributed by atoms with Gasteiger partial charge in [-0.05, 0) is 37.4 Å². The quantitative estimate of drug-likeness (QED) is 0.767. The molecule has 0 heterocycles. The van der Waals surface area contributed by atoms with Crippen molar-refractivity contribution in [1.29, 1.82) is 0 Å². The van der Waals surface area contributed by atoms with Crippen LogP contribution in [0.25, 0.3) is 0 Å². The summed E-state index contributed by atoms with van der Waals surface area (Å²) in [6.07, 6.45) is 3.12. The minimum atomic E-state index is 0.143. The zero-order chi connectivity index (χ0) is 12.3. The van der Waals surface area contributed by atoms with Crippen molar-refractivity contribution in [2.24, 2.45) is 11.7 Å². The number of benzene rings is 1. The highest BCUT2D eigenvalue weighted by Crippen LogP contribution is 2.27. The largest absolute Gasteiger partial charge is 0.490 e. The van der Waals surface area contributed by atoms with E-state index in [1.807, 2.05) is 31.2 Å². The standard InChI is InChI=1S/C14H19NO2/c1-10(9-15)7-14(16)11-3-2-4-13(8-11)17-12-5-6-12/h2-4,8,10,12H,5-7,9,15H2,1H3. The van der Waals surface area contributed by atoms with Gasteiger partial charge in [-0.2, -0.15) is 0 Å². The summed E-state index contributed by atoms with van der Waals surface area (Å²) in [4.78, 5) is 12.0. The zero-order valence-electron chi connectivity index (χ0n) is 10.2. The zero-order valence-corrected chi connectivity index (χ0v) is 10.2. The number of ketones is 1. The van der Waals surface area contributed by atoms with Crippen LogP contribution in [0.15, 0.2) is 24.3 Å². The first-order valence-corrected chi connectivity index (χ1v) is 6.19. The SMILES string of the molecule is CC(CN)CC(=O)c1cccc(OC2CC2)c1. The molecule has 1 atom stereocenters. The normalized spacial score (nSPS) is 16.6. The van der Waals surface area contributed by atoms with Gasteiger partial charge in [-0.25, -0.2) is 0 Å². The maximum absolute atomic E-state index is 12.0. The average molecular weight is 233 g/mol. The molecule has 92 valence electrons. The van der Waals surface area contributed by atoms with Gasteiger partial charge in [-0.3, -0.25) is 4.79 Å². The molecule has 1 aromatic carbocycles. The molecule has 0 saturated heterocycles. The molecule has 17 heavy (non-hydrogen) atoms. The van der Waals surface area contributed by atoms with E-state index in [-0.39, 0.29) is 11.7 Å². The van der Waals surface area contributed by atoms with E-state index in [0.29, 0.717) is 19.1 Å². The number of hydrogen-bond donors (Lipinski definition) is 1. The van der Waals surface area contributed by atoms with Crippen LogP contribution in [0.4, 0.5) is 0 Å². The molecule has 2 rings (SSSR count). The molecule has 1 aliphatic rings. The fourth-order valence-electron chi connectivity index (χ4n) is 1.64. The van der Waals surface area contributed by atoms with E-state index >= 15 is 0 Å². The highest BCUT2D eigenvalue weighted by atomic mass is 16.5. The van der Waals surface area contributed by atoms with Gasteiger partial charge in [-0.15, -0.1) is 0 Å². The topological polar surface area (TPSA) is 52.3 Å². The van der Waals surface area contributed by atoms with Crippen LogP contribution in [0.3, 0.4) is 0 Å². The lowest BCUT2D eigenvalue weighted by molar-refractivity contribution is 0.0965. The summed E-state index contributed by atoms with van der Waals surface area (Å²) in [6, 6.07) is 7.45. The van der Waals surface area contributed by atoms with E-state index in [1.54, 1.807) is 0 Å². The Morgan fingerprint density at radius 1 is 1.53 bits per heavy atom. The summed E-state index contributed by atoms with van der Waals surface area (Å²) in [5, 5.41) is 0. The van der Waals surface area contributed by atoms with Gasteiger partial charge in [0.05, 0.1) is 6.10 Å². The lowest BCUT2D eigenvalue weighted by atomic mass is 10.00. The molecular weight excluding hydrogens is 214 g/mol. The predicted molar refractivity (Wildman–Crippen MR) is 67.3 cm³/mol. The van der Waals surface area contributed by atoms with Crippen LogP contribution in [-0.4, -0.2) is 18.4 Å². The molecule has 0 aromatic heterocycles. The fraction of sp³-hybridized carbons (Fsp3) is 0.500. The first-order chi connectivity index (χ1) is 8.19. The van der Waals surface area contributed by atoms with E-state index in [4.69, 9.17) is 10.5 Å². The third kappa shape index (κ3) is 3.56. The van der Waals surface area contributed by atoms with Crippen LogP contribution in [0.5, 0.6) is 5.75 Å². The van der Waals surface area contributed by atoms with Crippen molar-refractivity contribution in [1.82, 2.24) is 0 Å². The summed E-state index contributed by atoms with van der Waals surface area (Å²) >= 11 is 0. The van der Waals surface area contributed by atoms with E-state index in [0.717, 1.165) is 24.2 Å². The van der Waals surface area contributed by atoms with Gasteiger partial charge in [0.25, 0.3) is 0 Å². The molecule has 3 heteroatoms.